The third-order valence-corrected chi connectivity index (χ3v) is 9.98. The number of hydrogen-bond donors (Lipinski definition) is 0. The molecule has 0 fully saturated rings. The molecule has 9 aromatic rings. The topological polar surface area (TPSA) is 43.9 Å². The summed E-state index contributed by atoms with van der Waals surface area (Å²) in [6.07, 6.45) is 0. The zero-order valence-electron chi connectivity index (χ0n) is 26.0. The van der Waals surface area contributed by atoms with Crippen LogP contribution in [0.5, 0.6) is 0 Å². The molecule has 0 radical (unpaired) electrons. The lowest BCUT2D eigenvalue weighted by atomic mass is 9.85. The molecule has 4 nitrogen and oxygen atoms in total. The van der Waals surface area contributed by atoms with Crippen LogP contribution in [0, 0.1) is 0 Å². The molecule has 0 bridgehead atoms. The van der Waals surface area contributed by atoms with Crippen molar-refractivity contribution in [3.05, 3.63) is 151 Å². The van der Waals surface area contributed by atoms with Crippen LogP contribution in [-0.2, 0) is 5.41 Å². The standard InChI is InChI=1S/C43H29N3O/c1-43(2)33-17-9-6-15-31(33)38-39(44-42(45-41(38)43)27-12-4-3-5-13-27)26-20-22-28(23-21-26)46-34-18-10-7-14-29(34)30-24-25-36-37(40(30)46)32-16-8-11-19-35(32)47-36/h3-25H,1-2H3. The summed E-state index contributed by atoms with van der Waals surface area (Å²) in [6, 6.07) is 49.2. The first-order valence-electron chi connectivity index (χ1n) is 16.1. The Hall–Kier alpha value is -6.00. The Bertz CT molecular complexity index is 2700. The van der Waals surface area contributed by atoms with Gasteiger partial charge in [0.05, 0.1) is 27.8 Å². The Kier molecular flexibility index (Phi) is 5.31. The Morgan fingerprint density at radius 1 is 0.574 bits per heavy atom. The van der Waals surface area contributed by atoms with E-state index in [-0.39, 0.29) is 5.41 Å². The van der Waals surface area contributed by atoms with E-state index in [9.17, 15) is 0 Å². The molecule has 0 unspecified atom stereocenters. The van der Waals surface area contributed by atoms with E-state index in [0.29, 0.717) is 0 Å². The van der Waals surface area contributed by atoms with Crippen LogP contribution in [-0.4, -0.2) is 14.5 Å². The van der Waals surface area contributed by atoms with Crippen molar-refractivity contribution in [3.8, 4) is 39.5 Å². The Morgan fingerprint density at radius 3 is 2.15 bits per heavy atom. The molecular formula is C43H29N3O. The molecule has 47 heavy (non-hydrogen) atoms. The summed E-state index contributed by atoms with van der Waals surface area (Å²) >= 11 is 0. The minimum absolute atomic E-state index is 0.241. The highest BCUT2D eigenvalue weighted by Gasteiger charge is 2.39. The van der Waals surface area contributed by atoms with Crippen molar-refractivity contribution in [2.45, 2.75) is 19.3 Å². The molecule has 0 spiro atoms. The molecule has 1 aliphatic carbocycles. The fourth-order valence-electron chi connectivity index (χ4n) is 7.77. The number of benzene rings is 6. The summed E-state index contributed by atoms with van der Waals surface area (Å²) in [5, 5.41) is 4.70. The second-order valence-electron chi connectivity index (χ2n) is 13.0. The molecular weight excluding hydrogens is 574 g/mol. The number of rotatable bonds is 3. The number of nitrogens with zero attached hydrogens (tertiary/aromatic N) is 3. The maximum Gasteiger partial charge on any atom is 0.160 e. The predicted molar refractivity (Wildman–Crippen MR) is 192 cm³/mol. The van der Waals surface area contributed by atoms with Gasteiger partial charge in [-0.15, -0.1) is 0 Å². The van der Waals surface area contributed by atoms with Gasteiger partial charge in [-0.1, -0.05) is 117 Å². The third kappa shape index (κ3) is 3.64. The van der Waals surface area contributed by atoms with Gasteiger partial charge in [0.2, 0.25) is 0 Å². The number of fused-ring (bicyclic) bond motifs is 10. The normalized spacial score (nSPS) is 13.5. The van der Waals surface area contributed by atoms with Crippen molar-refractivity contribution in [2.75, 3.05) is 0 Å². The van der Waals surface area contributed by atoms with Crippen molar-refractivity contribution >= 4 is 43.7 Å². The number of furan rings is 1. The summed E-state index contributed by atoms with van der Waals surface area (Å²) in [5.41, 5.74) is 12.7. The molecule has 0 amide bonds. The average molecular weight is 604 g/mol. The van der Waals surface area contributed by atoms with Crippen LogP contribution >= 0.6 is 0 Å². The van der Waals surface area contributed by atoms with Crippen LogP contribution < -0.4 is 0 Å². The zero-order chi connectivity index (χ0) is 31.3. The summed E-state index contributed by atoms with van der Waals surface area (Å²) in [6.45, 7) is 4.55. The van der Waals surface area contributed by atoms with Gasteiger partial charge in [-0.2, -0.15) is 0 Å². The molecule has 0 saturated heterocycles. The van der Waals surface area contributed by atoms with E-state index >= 15 is 0 Å². The van der Waals surface area contributed by atoms with Gasteiger partial charge in [-0.3, -0.25) is 0 Å². The molecule has 3 heterocycles. The van der Waals surface area contributed by atoms with E-state index in [0.717, 1.165) is 72.6 Å². The minimum atomic E-state index is -0.241. The van der Waals surface area contributed by atoms with Crippen LogP contribution in [0.3, 0.4) is 0 Å². The van der Waals surface area contributed by atoms with Crippen molar-refractivity contribution in [1.29, 1.82) is 0 Å². The monoisotopic (exact) mass is 603 g/mol. The second-order valence-corrected chi connectivity index (χ2v) is 13.0. The van der Waals surface area contributed by atoms with Gasteiger partial charge in [-0.25, -0.2) is 9.97 Å². The molecule has 10 rings (SSSR count). The molecule has 0 saturated carbocycles. The number of aromatic nitrogens is 3. The van der Waals surface area contributed by atoms with Gasteiger partial charge < -0.3 is 8.98 Å². The number of para-hydroxylation sites is 2. The molecule has 0 aliphatic heterocycles. The lowest BCUT2D eigenvalue weighted by molar-refractivity contribution is 0.636. The van der Waals surface area contributed by atoms with Crippen molar-refractivity contribution < 1.29 is 4.42 Å². The predicted octanol–water partition coefficient (Wildman–Crippen LogP) is 11.1. The molecule has 222 valence electrons. The van der Waals surface area contributed by atoms with Gasteiger partial charge >= 0.3 is 0 Å². The van der Waals surface area contributed by atoms with Gasteiger partial charge in [0.25, 0.3) is 0 Å². The van der Waals surface area contributed by atoms with Crippen molar-refractivity contribution in [2.24, 2.45) is 0 Å². The lowest BCUT2D eigenvalue weighted by Crippen LogP contribution is -2.17. The highest BCUT2D eigenvalue weighted by molar-refractivity contribution is 6.24. The first-order valence-corrected chi connectivity index (χ1v) is 16.1. The van der Waals surface area contributed by atoms with E-state index in [1.165, 1.54) is 21.9 Å². The van der Waals surface area contributed by atoms with E-state index in [2.05, 4.69) is 128 Å². The highest BCUT2D eigenvalue weighted by Crippen LogP contribution is 2.51. The van der Waals surface area contributed by atoms with Gasteiger partial charge in [0.1, 0.15) is 11.2 Å². The average Bonchev–Trinajstić information content (AvgIpc) is 3.74. The SMILES string of the molecule is CC1(C)c2ccccc2-c2c(-c3ccc(-n4c5ccccc5c5ccc6oc7ccccc7c6c54)cc3)nc(-c3ccccc3)nc21. The second kappa shape index (κ2) is 9.51. The fraction of sp³-hybridized carbons (Fsp3) is 0.0698. The Morgan fingerprint density at radius 2 is 1.30 bits per heavy atom. The number of hydrogen-bond acceptors (Lipinski definition) is 3. The first kappa shape index (κ1) is 26.2. The highest BCUT2D eigenvalue weighted by atomic mass is 16.3. The molecule has 1 aliphatic rings. The van der Waals surface area contributed by atoms with Crippen LogP contribution in [0.1, 0.15) is 25.1 Å². The lowest BCUT2D eigenvalue weighted by Gasteiger charge is -2.21. The van der Waals surface area contributed by atoms with Gasteiger partial charge in [-0.05, 0) is 47.5 Å². The van der Waals surface area contributed by atoms with Crippen LogP contribution in [0.25, 0.3) is 83.2 Å². The summed E-state index contributed by atoms with van der Waals surface area (Å²) < 4.78 is 8.72. The summed E-state index contributed by atoms with van der Waals surface area (Å²) in [5.74, 6) is 0.751. The molecule has 4 heteroatoms. The third-order valence-electron chi connectivity index (χ3n) is 9.98. The van der Waals surface area contributed by atoms with Crippen molar-refractivity contribution in [1.82, 2.24) is 14.5 Å². The fourth-order valence-corrected chi connectivity index (χ4v) is 7.77. The zero-order valence-corrected chi connectivity index (χ0v) is 26.0. The van der Waals surface area contributed by atoms with E-state index < -0.39 is 0 Å². The molecule has 3 aromatic heterocycles. The minimum Gasteiger partial charge on any atom is -0.456 e. The first-order chi connectivity index (χ1) is 23.1. The quantitative estimate of drug-likeness (QED) is 0.202. The van der Waals surface area contributed by atoms with Crippen molar-refractivity contribution in [3.63, 3.8) is 0 Å². The smallest absolute Gasteiger partial charge is 0.160 e. The Labute approximate surface area is 271 Å². The van der Waals surface area contributed by atoms with Crippen LogP contribution in [0.4, 0.5) is 0 Å². The maximum absolute atomic E-state index is 6.33. The van der Waals surface area contributed by atoms with Crippen LogP contribution in [0.15, 0.2) is 144 Å². The summed E-state index contributed by atoms with van der Waals surface area (Å²) in [7, 11) is 0. The maximum atomic E-state index is 6.33. The van der Waals surface area contributed by atoms with Gasteiger partial charge in [0.15, 0.2) is 5.82 Å². The Balaban J connectivity index is 1.22. The molecule has 0 N–H and O–H groups in total. The molecule has 0 atom stereocenters. The van der Waals surface area contributed by atoms with E-state index in [4.69, 9.17) is 14.4 Å². The summed E-state index contributed by atoms with van der Waals surface area (Å²) in [4.78, 5) is 10.5. The van der Waals surface area contributed by atoms with E-state index in [1.54, 1.807) is 0 Å². The molecule has 6 aromatic carbocycles. The van der Waals surface area contributed by atoms with E-state index in [1.807, 2.05) is 30.3 Å². The van der Waals surface area contributed by atoms with Crippen LogP contribution in [0.2, 0.25) is 0 Å². The largest absolute Gasteiger partial charge is 0.456 e. The van der Waals surface area contributed by atoms with Gasteiger partial charge in [0, 0.05) is 44.0 Å².